The second-order valence-electron chi connectivity index (χ2n) is 4.73. The van der Waals surface area contributed by atoms with Gasteiger partial charge in [-0.15, -0.1) is 0 Å². The van der Waals surface area contributed by atoms with Gasteiger partial charge in [0.1, 0.15) is 0 Å². The van der Waals surface area contributed by atoms with Crippen molar-refractivity contribution in [1.82, 2.24) is 5.32 Å². The highest BCUT2D eigenvalue weighted by molar-refractivity contribution is 5.47. The molecule has 0 radical (unpaired) electrons. The van der Waals surface area contributed by atoms with Crippen LogP contribution in [0.4, 0.5) is 5.69 Å². The molecule has 2 nitrogen and oxygen atoms in total. The smallest absolute Gasteiger partial charge is 0.0363 e. The molecule has 0 aliphatic rings. The van der Waals surface area contributed by atoms with Crippen LogP contribution in [0.5, 0.6) is 0 Å². The number of unbranched alkanes of at least 4 members (excludes halogenated alkanes) is 2. The van der Waals surface area contributed by atoms with Crippen LogP contribution < -0.4 is 10.2 Å². The minimum Gasteiger partial charge on any atom is -0.375 e. The van der Waals surface area contributed by atoms with E-state index in [1.807, 2.05) is 7.05 Å². The lowest BCUT2D eigenvalue weighted by atomic mass is 10.1. The van der Waals surface area contributed by atoms with Gasteiger partial charge in [0.2, 0.25) is 0 Å². The van der Waals surface area contributed by atoms with E-state index in [1.54, 1.807) is 0 Å². The molecule has 0 saturated heterocycles. The van der Waals surface area contributed by atoms with Gasteiger partial charge in [0.15, 0.2) is 0 Å². The molecule has 1 rings (SSSR count). The Morgan fingerprint density at radius 2 is 1.82 bits per heavy atom. The zero-order valence-electron chi connectivity index (χ0n) is 11.7. The topological polar surface area (TPSA) is 15.3 Å². The van der Waals surface area contributed by atoms with E-state index in [9.17, 15) is 0 Å². The lowest BCUT2D eigenvalue weighted by Gasteiger charge is -2.20. The Kier molecular flexibility index (Phi) is 6.06. The van der Waals surface area contributed by atoms with Gasteiger partial charge in [-0.05, 0) is 38.1 Å². The number of rotatable bonds is 7. The Bertz CT molecular complexity index is 305. The maximum Gasteiger partial charge on any atom is 0.0363 e. The quantitative estimate of drug-likeness (QED) is 0.725. The Hall–Kier alpha value is -1.02. The van der Waals surface area contributed by atoms with Crippen LogP contribution in [0.25, 0.3) is 0 Å². The van der Waals surface area contributed by atoms with Gasteiger partial charge >= 0.3 is 0 Å². The number of benzene rings is 1. The van der Waals surface area contributed by atoms with Gasteiger partial charge in [0.05, 0.1) is 0 Å². The van der Waals surface area contributed by atoms with E-state index in [0.29, 0.717) is 6.04 Å². The number of hydrogen-bond donors (Lipinski definition) is 1. The maximum absolute atomic E-state index is 3.26. The summed E-state index contributed by atoms with van der Waals surface area (Å²) >= 11 is 0. The van der Waals surface area contributed by atoms with Crippen LogP contribution in [0, 0.1) is 0 Å². The molecule has 1 atom stereocenters. The molecule has 0 aliphatic heterocycles. The highest BCUT2D eigenvalue weighted by Gasteiger charge is 2.04. The fraction of sp³-hybridized carbons (Fsp3) is 0.600. The maximum atomic E-state index is 3.26. The normalized spacial score (nSPS) is 12.5. The number of hydrogen-bond acceptors (Lipinski definition) is 2. The molecular weight excluding hydrogens is 208 g/mol. The fourth-order valence-electron chi connectivity index (χ4n) is 1.91. The van der Waals surface area contributed by atoms with E-state index in [1.165, 1.54) is 30.5 Å². The summed E-state index contributed by atoms with van der Waals surface area (Å²) in [5.41, 5.74) is 2.66. The van der Waals surface area contributed by atoms with E-state index < -0.39 is 0 Å². The van der Waals surface area contributed by atoms with E-state index in [-0.39, 0.29) is 0 Å². The first-order valence-corrected chi connectivity index (χ1v) is 6.67. The zero-order valence-corrected chi connectivity index (χ0v) is 11.7. The predicted octanol–water partition coefficient (Wildman–Crippen LogP) is 3.59. The first-order chi connectivity index (χ1) is 8.19. The summed E-state index contributed by atoms with van der Waals surface area (Å²) in [5.74, 6) is 0. The largest absolute Gasteiger partial charge is 0.375 e. The molecule has 1 unspecified atom stereocenters. The lowest BCUT2D eigenvalue weighted by Crippen LogP contribution is -2.18. The van der Waals surface area contributed by atoms with E-state index >= 15 is 0 Å². The van der Waals surface area contributed by atoms with Crippen molar-refractivity contribution in [2.75, 3.05) is 25.5 Å². The van der Waals surface area contributed by atoms with Crippen molar-refractivity contribution in [1.29, 1.82) is 0 Å². The summed E-state index contributed by atoms with van der Waals surface area (Å²) in [4.78, 5) is 2.34. The third-order valence-electron chi connectivity index (χ3n) is 3.36. The highest BCUT2D eigenvalue weighted by atomic mass is 15.1. The Morgan fingerprint density at radius 3 is 2.35 bits per heavy atom. The number of anilines is 1. The molecule has 1 aromatic rings. The molecule has 0 bridgehead atoms. The van der Waals surface area contributed by atoms with E-state index in [0.717, 1.165) is 6.54 Å². The van der Waals surface area contributed by atoms with Crippen LogP contribution in [0.2, 0.25) is 0 Å². The molecule has 1 N–H and O–H groups in total. The second kappa shape index (κ2) is 7.33. The van der Waals surface area contributed by atoms with Crippen molar-refractivity contribution in [2.24, 2.45) is 0 Å². The summed E-state index contributed by atoms with van der Waals surface area (Å²) in [5, 5.41) is 3.26. The van der Waals surface area contributed by atoms with Crippen molar-refractivity contribution >= 4 is 5.69 Å². The van der Waals surface area contributed by atoms with Gasteiger partial charge in [0.25, 0.3) is 0 Å². The van der Waals surface area contributed by atoms with Crippen LogP contribution >= 0.6 is 0 Å². The zero-order chi connectivity index (χ0) is 12.7. The standard InChI is InChI=1S/C15H26N2/c1-5-6-7-12-17(4)15-10-8-14(9-11-15)13(2)16-3/h8-11,13,16H,5-7,12H2,1-4H3. The Morgan fingerprint density at radius 1 is 1.18 bits per heavy atom. The third-order valence-corrected chi connectivity index (χ3v) is 3.36. The van der Waals surface area contributed by atoms with Crippen molar-refractivity contribution in [2.45, 2.75) is 39.2 Å². The van der Waals surface area contributed by atoms with Gasteiger partial charge in [-0.3, -0.25) is 0 Å². The first kappa shape index (κ1) is 14.0. The van der Waals surface area contributed by atoms with E-state index in [4.69, 9.17) is 0 Å². The molecular formula is C15H26N2. The van der Waals surface area contributed by atoms with Gasteiger partial charge in [0, 0.05) is 25.3 Å². The van der Waals surface area contributed by atoms with Crippen molar-refractivity contribution in [3.8, 4) is 0 Å². The van der Waals surface area contributed by atoms with Gasteiger partial charge < -0.3 is 10.2 Å². The number of nitrogens with one attached hydrogen (secondary N) is 1. The van der Waals surface area contributed by atoms with Crippen molar-refractivity contribution < 1.29 is 0 Å². The average Bonchev–Trinajstić information content (AvgIpc) is 2.38. The molecule has 0 aromatic heterocycles. The molecule has 0 aliphatic carbocycles. The van der Waals surface area contributed by atoms with Crippen LogP contribution in [0.15, 0.2) is 24.3 Å². The van der Waals surface area contributed by atoms with Gasteiger partial charge in [-0.25, -0.2) is 0 Å². The molecule has 0 heterocycles. The van der Waals surface area contributed by atoms with Crippen LogP contribution in [0.1, 0.15) is 44.7 Å². The highest BCUT2D eigenvalue weighted by Crippen LogP contribution is 2.18. The molecule has 2 heteroatoms. The predicted molar refractivity (Wildman–Crippen MR) is 76.7 cm³/mol. The molecule has 96 valence electrons. The second-order valence-corrected chi connectivity index (χ2v) is 4.73. The molecule has 1 aromatic carbocycles. The third kappa shape index (κ3) is 4.39. The average molecular weight is 234 g/mol. The monoisotopic (exact) mass is 234 g/mol. The molecule has 0 fully saturated rings. The lowest BCUT2D eigenvalue weighted by molar-refractivity contribution is 0.652. The van der Waals surface area contributed by atoms with Gasteiger partial charge in [-0.1, -0.05) is 31.9 Å². The molecule has 17 heavy (non-hydrogen) atoms. The Balaban J connectivity index is 2.54. The molecule has 0 saturated carbocycles. The van der Waals surface area contributed by atoms with Crippen molar-refractivity contribution in [3.63, 3.8) is 0 Å². The minimum absolute atomic E-state index is 0.425. The number of nitrogens with zero attached hydrogens (tertiary/aromatic N) is 1. The summed E-state index contributed by atoms with van der Waals surface area (Å²) < 4.78 is 0. The van der Waals surface area contributed by atoms with Crippen molar-refractivity contribution in [3.05, 3.63) is 29.8 Å². The van der Waals surface area contributed by atoms with Gasteiger partial charge in [-0.2, -0.15) is 0 Å². The summed E-state index contributed by atoms with van der Waals surface area (Å²) in [6.07, 6.45) is 3.88. The van der Waals surface area contributed by atoms with E-state index in [2.05, 4.69) is 55.4 Å². The SMILES string of the molecule is CCCCCN(C)c1ccc(C(C)NC)cc1. The summed E-state index contributed by atoms with van der Waals surface area (Å²) in [6, 6.07) is 9.29. The molecule has 0 amide bonds. The minimum atomic E-state index is 0.425. The molecule has 0 spiro atoms. The summed E-state index contributed by atoms with van der Waals surface area (Å²) in [6.45, 7) is 5.57. The summed E-state index contributed by atoms with van der Waals surface area (Å²) in [7, 11) is 4.17. The van der Waals surface area contributed by atoms with Crippen LogP contribution in [0.3, 0.4) is 0 Å². The first-order valence-electron chi connectivity index (χ1n) is 6.67. The Labute approximate surface area is 106 Å². The van der Waals surface area contributed by atoms with Crippen LogP contribution in [-0.4, -0.2) is 20.6 Å². The fourth-order valence-corrected chi connectivity index (χ4v) is 1.91. The van der Waals surface area contributed by atoms with Crippen LogP contribution in [-0.2, 0) is 0 Å².